The van der Waals surface area contributed by atoms with E-state index in [1.807, 2.05) is 31.2 Å². The van der Waals surface area contributed by atoms with E-state index < -0.39 is 5.97 Å². The minimum atomic E-state index is -1.00. The minimum Gasteiger partial charge on any atom is -0.476 e. The van der Waals surface area contributed by atoms with Gasteiger partial charge in [-0.05, 0) is 24.6 Å². The van der Waals surface area contributed by atoms with Crippen molar-refractivity contribution in [2.24, 2.45) is 0 Å². The van der Waals surface area contributed by atoms with Gasteiger partial charge < -0.3 is 10.4 Å². The Labute approximate surface area is 125 Å². The number of rotatable bonds is 4. The predicted molar refractivity (Wildman–Crippen MR) is 82.9 cm³/mol. The Morgan fingerprint density at radius 1 is 1.33 bits per heavy atom. The van der Waals surface area contributed by atoms with Crippen LogP contribution in [0.3, 0.4) is 0 Å². The van der Waals surface area contributed by atoms with E-state index in [0.717, 1.165) is 27.3 Å². The Morgan fingerprint density at radius 2 is 2.14 bits per heavy atom. The third-order valence-electron chi connectivity index (χ3n) is 3.09. The van der Waals surface area contributed by atoms with Crippen molar-refractivity contribution in [1.29, 1.82) is 0 Å². The molecule has 0 spiro atoms. The van der Waals surface area contributed by atoms with E-state index in [1.165, 1.54) is 11.3 Å². The molecule has 5 nitrogen and oxygen atoms in total. The van der Waals surface area contributed by atoms with Crippen LogP contribution >= 0.6 is 11.3 Å². The molecule has 0 saturated carbocycles. The van der Waals surface area contributed by atoms with E-state index >= 15 is 0 Å². The van der Waals surface area contributed by atoms with E-state index in [0.29, 0.717) is 6.54 Å². The first-order chi connectivity index (χ1) is 10.1. The molecule has 0 aliphatic carbocycles. The van der Waals surface area contributed by atoms with Crippen LogP contribution in [-0.2, 0) is 6.54 Å². The van der Waals surface area contributed by atoms with Crippen LogP contribution in [0, 0.1) is 6.92 Å². The number of aromatic nitrogens is 2. The molecule has 0 aliphatic heterocycles. The number of carboxylic acid groups (broad SMARTS) is 1. The minimum absolute atomic E-state index is 0.0833. The number of para-hydroxylation sites is 1. The summed E-state index contributed by atoms with van der Waals surface area (Å²) in [5, 5.41) is 15.4. The summed E-state index contributed by atoms with van der Waals surface area (Å²) in [6.45, 7) is 2.45. The highest BCUT2D eigenvalue weighted by Crippen LogP contribution is 2.20. The summed E-state index contributed by atoms with van der Waals surface area (Å²) in [6.07, 6.45) is 0. The van der Waals surface area contributed by atoms with E-state index in [2.05, 4.69) is 21.4 Å². The van der Waals surface area contributed by atoms with E-state index in [9.17, 15) is 4.79 Å². The maximum Gasteiger partial charge on any atom is 0.355 e. The number of hydrogen-bond acceptors (Lipinski definition) is 5. The molecule has 106 valence electrons. The molecule has 2 aromatic heterocycles. The standard InChI is InChI=1S/C15H13N3O2S/c1-9-6-10-4-2-3-5-11(10)18-14(9)16-7-13-17-12(8-21-13)15(19)20/h2-6,8H,7H2,1H3,(H,16,18)(H,19,20). The fraction of sp³-hybridized carbons (Fsp3) is 0.133. The molecule has 0 atom stereocenters. The normalized spacial score (nSPS) is 10.7. The highest BCUT2D eigenvalue weighted by atomic mass is 32.1. The molecule has 0 radical (unpaired) electrons. The molecule has 0 unspecified atom stereocenters. The molecule has 0 saturated heterocycles. The van der Waals surface area contributed by atoms with Crippen LogP contribution in [0.25, 0.3) is 10.9 Å². The number of aryl methyl sites for hydroxylation is 1. The number of hydrogen-bond donors (Lipinski definition) is 2. The summed E-state index contributed by atoms with van der Waals surface area (Å²) in [4.78, 5) is 19.4. The molecule has 21 heavy (non-hydrogen) atoms. The first kappa shape index (κ1) is 13.5. The molecule has 6 heteroatoms. The largest absolute Gasteiger partial charge is 0.476 e. The van der Waals surface area contributed by atoms with Crippen LogP contribution in [0.5, 0.6) is 0 Å². The highest BCUT2D eigenvalue weighted by molar-refractivity contribution is 7.09. The van der Waals surface area contributed by atoms with Gasteiger partial charge in [0.25, 0.3) is 0 Å². The molecule has 3 rings (SSSR count). The van der Waals surface area contributed by atoms with Crippen LogP contribution < -0.4 is 5.32 Å². The van der Waals surface area contributed by atoms with Gasteiger partial charge in [-0.15, -0.1) is 11.3 Å². The fourth-order valence-electron chi connectivity index (χ4n) is 2.05. The fourth-order valence-corrected chi connectivity index (χ4v) is 2.76. The van der Waals surface area contributed by atoms with Crippen LogP contribution in [0.15, 0.2) is 35.7 Å². The topological polar surface area (TPSA) is 75.1 Å². The van der Waals surface area contributed by atoms with Crippen molar-refractivity contribution in [2.45, 2.75) is 13.5 Å². The molecule has 2 N–H and O–H groups in total. The third kappa shape index (κ3) is 2.85. The van der Waals surface area contributed by atoms with Gasteiger partial charge >= 0.3 is 5.97 Å². The summed E-state index contributed by atoms with van der Waals surface area (Å²) >= 11 is 1.32. The number of fused-ring (bicyclic) bond motifs is 1. The number of nitrogens with one attached hydrogen (secondary N) is 1. The third-order valence-corrected chi connectivity index (χ3v) is 3.94. The number of aromatic carboxylic acids is 1. The summed E-state index contributed by atoms with van der Waals surface area (Å²) in [7, 11) is 0. The van der Waals surface area contributed by atoms with Crippen molar-refractivity contribution in [1.82, 2.24) is 9.97 Å². The lowest BCUT2D eigenvalue weighted by Gasteiger charge is -2.08. The first-order valence-electron chi connectivity index (χ1n) is 6.41. The maximum atomic E-state index is 10.8. The average molecular weight is 299 g/mol. The summed E-state index contributed by atoms with van der Waals surface area (Å²) < 4.78 is 0. The number of anilines is 1. The zero-order valence-electron chi connectivity index (χ0n) is 11.3. The smallest absolute Gasteiger partial charge is 0.355 e. The number of benzene rings is 1. The van der Waals surface area contributed by atoms with Gasteiger partial charge in [-0.1, -0.05) is 18.2 Å². The number of carboxylic acids is 1. The zero-order valence-corrected chi connectivity index (χ0v) is 12.1. The first-order valence-corrected chi connectivity index (χ1v) is 7.29. The van der Waals surface area contributed by atoms with E-state index in [1.54, 1.807) is 5.38 Å². The second-order valence-corrected chi connectivity index (χ2v) is 5.57. The van der Waals surface area contributed by atoms with Gasteiger partial charge in [0, 0.05) is 10.8 Å². The van der Waals surface area contributed by atoms with Gasteiger partial charge in [0.15, 0.2) is 5.69 Å². The van der Waals surface area contributed by atoms with E-state index in [4.69, 9.17) is 5.11 Å². The van der Waals surface area contributed by atoms with Crippen molar-refractivity contribution < 1.29 is 9.90 Å². The molecule has 3 aromatic rings. The van der Waals surface area contributed by atoms with Crippen molar-refractivity contribution in [3.05, 3.63) is 52.0 Å². The number of thiazole rings is 1. The van der Waals surface area contributed by atoms with Crippen molar-refractivity contribution in [2.75, 3.05) is 5.32 Å². The molecule has 0 fully saturated rings. The molecule has 0 aliphatic rings. The lowest BCUT2D eigenvalue weighted by atomic mass is 10.1. The molecule has 1 aromatic carbocycles. The molecular weight excluding hydrogens is 286 g/mol. The molecule has 0 amide bonds. The second-order valence-electron chi connectivity index (χ2n) is 4.63. The van der Waals surface area contributed by atoms with Gasteiger partial charge in [-0.25, -0.2) is 14.8 Å². The Bertz CT molecular complexity index is 814. The Hall–Kier alpha value is -2.47. The van der Waals surface area contributed by atoms with Crippen LogP contribution in [0.4, 0.5) is 5.82 Å². The Morgan fingerprint density at radius 3 is 2.90 bits per heavy atom. The van der Waals surface area contributed by atoms with Crippen molar-refractivity contribution in [3.8, 4) is 0 Å². The SMILES string of the molecule is Cc1cc2ccccc2nc1NCc1nc(C(=O)O)cs1. The number of carbonyl (C=O) groups is 1. The predicted octanol–water partition coefficient (Wildman–Crippen LogP) is 3.31. The average Bonchev–Trinajstić information content (AvgIpc) is 2.94. The molecule has 2 heterocycles. The highest BCUT2D eigenvalue weighted by Gasteiger charge is 2.09. The maximum absolute atomic E-state index is 10.8. The quantitative estimate of drug-likeness (QED) is 0.773. The van der Waals surface area contributed by atoms with Gasteiger partial charge in [-0.3, -0.25) is 0 Å². The lowest BCUT2D eigenvalue weighted by molar-refractivity contribution is 0.0691. The lowest BCUT2D eigenvalue weighted by Crippen LogP contribution is -2.04. The zero-order chi connectivity index (χ0) is 14.8. The monoisotopic (exact) mass is 299 g/mol. The Balaban J connectivity index is 1.80. The summed E-state index contributed by atoms with van der Waals surface area (Å²) in [6, 6.07) is 10.0. The number of nitrogens with zero attached hydrogens (tertiary/aromatic N) is 2. The number of pyridine rings is 1. The van der Waals surface area contributed by atoms with Gasteiger partial charge in [-0.2, -0.15) is 0 Å². The summed E-state index contributed by atoms with van der Waals surface area (Å²) in [5.41, 5.74) is 2.06. The molecular formula is C15H13N3O2S. The van der Waals surface area contributed by atoms with Crippen molar-refractivity contribution >= 4 is 34.0 Å². The van der Waals surface area contributed by atoms with E-state index in [-0.39, 0.29) is 5.69 Å². The molecule has 0 bridgehead atoms. The second kappa shape index (κ2) is 5.49. The van der Waals surface area contributed by atoms with Gasteiger partial charge in [0.05, 0.1) is 12.1 Å². The van der Waals surface area contributed by atoms with Crippen LogP contribution in [0.1, 0.15) is 21.1 Å². The van der Waals surface area contributed by atoms with Crippen molar-refractivity contribution in [3.63, 3.8) is 0 Å². The Kier molecular flexibility index (Phi) is 3.53. The van der Waals surface area contributed by atoms with Gasteiger partial charge in [0.2, 0.25) is 0 Å². The van der Waals surface area contributed by atoms with Crippen LogP contribution in [-0.4, -0.2) is 21.0 Å². The summed E-state index contributed by atoms with van der Waals surface area (Å²) in [5.74, 6) is -0.210. The van der Waals surface area contributed by atoms with Crippen LogP contribution in [0.2, 0.25) is 0 Å². The van der Waals surface area contributed by atoms with Gasteiger partial charge in [0.1, 0.15) is 10.8 Å².